The van der Waals surface area contributed by atoms with E-state index in [0.717, 1.165) is 5.56 Å². The summed E-state index contributed by atoms with van der Waals surface area (Å²) in [5, 5.41) is -6.85. The Kier molecular flexibility index (Phi) is 9.57. The SMILES string of the molecule is O=C(N1CCN(C/C=C/c2ccccc2)CC1)C(F)(F)C(F)(F)C(F)(F)C(F)(F)C(F)(F)C(F)(F)C(F)(F)C(F)(F)Cl. The van der Waals surface area contributed by atoms with E-state index >= 15 is 0 Å². The molecule has 0 spiro atoms. The van der Waals surface area contributed by atoms with Crippen LogP contribution in [0.4, 0.5) is 70.2 Å². The van der Waals surface area contributed by atoms with E-state index < -0.39 is 65.8 Å². The lowest BCUT2D eigenvalue weighted by atomic mass is 9.88. The maximum Gasteiger partial charge on any atom is 0.393 e. The molecule has 0 bridgehead atoms. The smallest absolute Gasteiger partial charge is 0.335 e. The van der Waals surface area contributed by atoms with E-state index in [1.54, 1.807) is 42.5 Å². The molecular weight excluding hydrogens is 648 g/mol. The highest BCUT2D eigenvalue weighted by Gasteiger charge is 2.95. The molecule has 1 aliphatic heterocycles. The fraction of sp³-hybridized carbons (Fsp3) is 0.591. The van der Waals surface area contributed by atoms with Crippen LogP contribution < -0.4 is 0 Å². The number of piperazine rings is 1. The van der Waals surface area contributed by atoms with Crippen LogP contribution in [-0.2, 0) is 4.79 Å². The molecule has 0 radical (unpaired) electrons. The maximum absolute atomic E-state index is 14.3. The Morgan fingerprint density at radius 2 is 1.05 bits per heavy atom. The summed E-state index contributed by atoms with van der Waals surface area (Å²) in [6.07, 6.45) is 3.16. The van der Waals surface area contributed by atoms with Crippen molar-refractivity contribution >= 4 is 23.6 Å². The number of amides is 1. The number of carbonyl (C=O) groups excluding carboxylic acids is 1. The Bertz CT molecular complexity index is 1130. The van der Waals surface area contributed by atoms with Crippen molar-refractivity contribution in [1.29, 1.82) is 0 Å². The van der Waals surface area contributed by atoms with Crippen LogP contribution in [0.25, 0.3) is 6.08 Å². The molecule has 1 aromatic rings. The van der Waals surface area contributed by atoms with Gasteiger partial charge >= 0.3 is 46.8 Å². The van der Waals surface area contributed by atoms with Crippen LogP contribution in [0.15, 0.2) is 36.4 Å². The minimum absolute atomic E-state index is 0.0864. The first-order chi connectivity index (χ1) is 18.7. The van der Waals surface area contributed by atoms with Gasteiger partial charge in [0.2, 0.25) is 0 Å². The predicted molar refractivity (Wildman–Crippen MR) is 114 cm³/mol. The number of alkyl halides is 17. The summed E-state index contributed by atoms with van der Waals surface area (Å²) >= 11 is 3.48. The van der Waals surface area contributed by atoms with E-state index in [1.165, 1.54) is 4.90 Å². The van der Waals surface area contributed by atoms with E-state index in [4.69, 9.17) is 0 Å². The fourth-order valence-corrected chi connectivity index (χ4v) is 3.65. The normalized spacial score (nSPS) is 17.7. The number of carbonyl (C=O) groups is 1. The van der Waals surface area contributed by atoms with Crippen molar-refractivity contribution in [2.45, 2.75) is 46.8 Å². The van der Waals surface area contributed by atoms with Crippen LogP contribution in [-0.4, -0.2) is 95.3 Å². The van der Waals surface area contributed by atoms with Gasteiger partial charge in [-0.05, 0) is 17.2 Å². The molecular formula is C22H17ClF16N2O. The summed E-state index contributed by atoms with van der Waals surface area (Å²) < 4.78 is 218. The lowest BCUT2D eigenvalue weighted by Crippen LogP contribution is -2.75. The topological polar surface area (TPSA) is 23.6 Å². The Balaban J connectivity index is 2.27. The second-order valence-corrected chi connectivity index (χ2v) is 9.40. The van der Waals surface area contributed by atoms with Crippen molar-refractivity contribution in [3.05, 3.63) is 42.0 Å². The number of halogens is 17. The van der Waals surface area contributed by atoms with E-state index in [-0.39, 0.29) is 24.5 Å². The molecule has 0 aromatic heterocycles. The molecule has 2 rings (SSSR count). The number of rotatable bonds is 11. The van der Waals surface area contributed by atoms with Gasteiger partial charge in [0.1, 0.15) is 0 Å². The van der Waals surface area contributed by atoms with Gasteiger partial charge in [-0.15, -0.1) is 0 Å². The summed E-state index contributed by atoms with van der Waals surface area (Å²) in [5.41, 5.74) is 0.731. The first-order valence-corrected chi connectivity index (χ1v) is 11.5. The lowest BCUT2D eigenvalue weighted by Gasteiger charge is -2.43. The van der Waals surface area contributed by atoms with Gasteiger partial charge in [0, 0.05) is 32.7 Å². The third-order valence-electron chi connectivity index (χ3n) is 6.12. The largest absolute Gasteiger partial charge is 0.393 e. The van der Waals surface area contributed by atoms with Gasteiger partial charge in [-0.3, -0.25) is 9.69 Å². The predicted octanol–water partition coefficient (Wildman–Crippen LogP) is 7.12. The first kappa shape index (κ1) is 35.8. The molecule has 20 heteroatoms. The molecule has 1 aliphatic rings. The van der Waals surface area contributed by atoms with Gasteiger partial charge in [0.25, 0.3) is 5.91 Å². The Labute approximate surface area is 230 Å². The van der Waals surface area contributed by atoms with Crippen LogP contribution in [0, 0.1) is 0 Å². The second-order valence-electron chi connectivity index (χ2n) is 8.92. The molecule has 0 unspecified atom stereocenters. The van der Waals surface area contributed by atoms with Crippen molar-refractivity contribution in [3.63, 3.8) is 0 Å². The van der Waals surface area contributed by atoms with Gasteiger partial charge < -0.3 is 4.90 Å². The summed E-state index contributed by atoms with van der Waals surface area (Å²) in [6, 6.07) is 8.50. The van der Waals surface area contributed by atoms with E-state index in [2.05, 4.69) is 11.6 Å². The third kappa shape index (κ3) is 5.61. The Hall–Kier alpha value is -2.44. The average molecular weight is 665 g/mol. The molecule has 1 fully saturated rings. The third-order valence-corrected chi connectivity index (χ3v) is 6.36. The van der Waals surface area contributed by atoms with Crippen LogP contribution in [0.5, 0.6) is 0 Å². The zero-order valence-corrected chi connectivity index (χ0v) is 21.1. The standard InChI is InChI=1S/C22H17ClF16N2O/c23-22(38,39)21(36,37)20(34,35)19(32,33)18(30,31)17(28,29)16(26,27)15(24,25)14(42)41-11-9-40(10-12-41)8-4-7-13-5-2-1-3-6-13/h1-7H,8-12H2/b7-4+. The molecule has 0 N–H and O–H groups in total. The van der Waals surface area contributed by atoms with Crippen molar-refractivity contribution in [2.24, 2.45) is 0 Å². The summed E-state index contributed by atoms with van der Waals surface area (Å²) in [5.74, 6) is -60.1. The highest BCUT2D eigenvalue weighted by atomic mass is 35.5. The van der Waals surface area contributed by atoms with Crippen LogP contribution >= 0.6 is 11.6 Å². The van der Waals surface area contributed by atoms with Crippen LogP contribution in [0.1, 0.15) is 5.56 Å². The van der Waals surface area contributed by atoms with E-state index in [0.29, 0.717) is 0 Å². The van der Waals surface area contributed by atoms with Gasteiger partial charge in [-0.2, -0.15) is 70.2 Å². The molecule has 1 amide bonds. The monoisotopic (exact) mass is 664 g/mol. The Morgan fingerprint density at radius 3 is 1.48 bits per heavy atom. The maximum atomic E-state index is 14.3. The average Bonchev–Trinajstić information content (AvgIpc) is 2.88. The molecule has 1 saturated heterocycles. The quantitative estimate of drug-likeness (QED) is 0.186. The van der Waals surface area contributed by atoms with Gasteiger partial charge in [0.15, 0.2) is 0 Å². The minimum atomic E-state index is -8.61. The molecule has 3 nitrogen and oxygen atoms in total. The highest BCUT2D eigenvalue weighted by Crippen LogP contribution is 2.64. The van der Waals surface area contributed by atoms with Gasteiger partial charge in [-0.25, -0.2) is 0 Å². The highest BCUT2D eigenvalue weighted by molar-refractivity contribution is 6.22. The lowest BCUT2D eigenvalue weighted by molar-refractivity contribution is -0.446. The van der Waals surface area contributed by atoms with E-state index in [1.807, 2.05) is 0 Å². The second kappa shape index (κ2) is 11.2. The summed E-state index contributed by atoms with van der Waals surface area (Å²) in [4.78, 5) is 13.2. The zero-order chi connectivity index (χ0) is 32.8. The van der Waals surface area contributed by atoms with Crippen LogP contribution in [0.2, 0.25) is 0 Å². The fourth-order valence-electron chi connectivity index (χ4n) is 3.53. The van der Waals surface area contributed by atoms with Gasteiger partial charge in [0.05, 0.1) is 0 Å². The number of benzene rings is 1. The van der Waals surface area contributed by atoms with Crippen molar-refractivity contribution < 1.29 is 75.0 Å². The Morgan fingerprint density at radius 1 is 0.643 bits per heavy atom. The molecule has 42 heavy (non-hydrogen) atoms. The molecule has 1 aromatic carbocycles. The van der Waals surface area contributed by atoms with E-state index in [9.17, 15) is 75.0 Å². The molecule has 240 valence electrons. The number of hydrogen-bond acceptors (Lipinski definition) is 2. The number of hydrogen-bond donors (Lipinski definition) is 0. The van der Waals surface area contributed by atoms with Crippen molar-refractivity contribution in [2.75, 3.05) is 32.7 Å². The molecule has 0 aliphatic carbocycles. The van der Waals surface area contributed by atoms with Gasteiger partial charge in [-0.1, -0.05) is 42.5 Å². The first-order valence-electron chi connectivity index (χ1n) is 11.2. The molecule has 0 atom stereocenters. The summed E-state index contributed by atoms with van der Waals surface area (Å²) in [7, 11) is 0. The van der Waals surface area contributed by atoms with Crippen molar-refractivity contribution in [1.82, 2.24) is 9.80 Å². The molecule has 0 saturated carbocycles. The minimum Gasteiger partial charge on any atom is -0.335 e. The number of nitrogens with zero attached hydrogens (tertiary/aromatic N) is 2. The van der Waals surface area contributed by atoms with Crippen LogP contribution in [0.3, 0.4) is 0 Å². The van der Waals surface area contributed by atoms with Crippen molar-refractivity contribution in [3.8, 4) is 0 Å². The molecule has 1 heterocycles. The zero-order valence-electron chi connectivity index (χ0n) is 20.3. The summed E-state index contributed by atoms with van der Waals surface area (Å²) in [6.45, 7) is -2.52.